The van der Waals surface area contributed by atoms with Crippen molar-refractivity contribution in [1.29, 1.82) is 0 Å². The Labute approximate surface area is 132 Å². The molecular formula is C17H24ClNO2. The van der Waals surface area contributed by atoms with E-state index >= 15 is 0 Å². The number of likely N-dealkylation sites (N-methyl/N-ethyl adjacent to an activating group) is 1. The first-order valence-electron chi connectivity index (χ1n) is 7.62. The summed E-state index contributed by atoms with van der Waals surface area (Å²) >= 11 is 6.17. The predicted molar refractivity (Wildman–Crippen MR) is 86.4 cm³/mol. The van der Waals surface area contributed by atoms with Crippen LogP contribution >= 0.6 is 11.6 Å². The zero-order valence-electron chi connectivity index (χ0n) is 13.3. The molecule has 1 heterocycles. The third-order valence-corrected chi connectivity index (χ3v) is 4.63. The van der Waals surface area contributed by atoms with E-state index in [4.69, 9.17) is 16.3 Å². The van der Waals surface area contributed by atoms with Crippen LogP contribution in [-0.2, 0) is 17.6 Å². The van der Waals surface area contributed by atoms with Gasteiger partial charge in [-0.05, 0) is 44.6 Å². The van der Waals surface area contributed by atoms with Gasteiger partial charge in [0.1, 0.15) is 5.75 Å². The lowest BCUT2D eigenvalue weighted by atomic mass is 9.90. The first-order valence-corrected chi connectivity index (χ1v) is 8.00. The highest BCUT2D eigenvalue weighted by atomic mass is 35.5. The van der Waals surface area contributed by atoms with E-state index in [0.717, 1.165) is 36.4 Å². The fourth-order valence-electron chi connectivity index (χ4n) is 3.06. The van der Waals surface area contributed by atoms with Crippen LogP contribution in [0, 0.1) is 0 Å². The molecule has 0 saturated carbocycles. The average Bonchev–Trinajstić information content (AvgIpc) is 2.87. The number of rotatable bonds is 6. The van der Waals surface area contributed by atoms with Gasteiger partial charge in [-0.2, -0.15) is 0 Å². The van der Waals surface area contributed by atoms with Crippen LogP contribution in [0.2, 0.25) is 5.02 Å². The van der Waals surface area contributed by atoms with Crippen molar-refractivity contribution in [2.24, 2.45) is 0 Å². The van der Waals surface area contributed by atoms with Gasteiger partial charge in [0.15, 0.2) is 5.78 Å². The predicted octanol–water partition coefficient (Wildman–Crippen LogP) is 3.51. The lowest BCUT2D eigenvalue weighted by molar-refractivity contribution is -0.128. The Morgan fingerprint density at radius 2 is 2.00 bits per heavy atom. The summed E-state index contributed by atoms with van der Waals surface area (Å²) in [5.41, 5.74) is 1.56. The van der Waals surface area contributed by atoms with Crippen LogP contribution in [0.1, 0.15) is 38.8 Å². The maximum Gasteiger partial charge on any atom is 0.157 e. The van der Waals surface area contributed by atoms with Crippen LogP contribution in [0.25, 0.3) is 0 Å². The van der Waals surface area contributed by atoms with Gasteiger partial charge in [-0.1, -0.05) is 25.4 Å². The molecular weight excluding hydrogens is 286 g/mol. The molecule has 0 aliphatic carbocycles. The highest BCUT2D eigenvalue weighted by molar-refractivity contribution is 6.30. The molecule has 0 N–H and O–H groups in total. The maximum atomic E-state index is 12.8. The lowest BCUT2D eigenvalue weighted by Gasteiger charge is -2.36. The molecule has 0 atom stereocenters. The second-order valence-electron chi connectivity index (χ2n) is 5.98. The fraction of sp³-hybridized carbons (Fsp3) is 0.588. The van der Waals surface area contributed by atoms with Crippen molar-refractivity contribution < 1.29 is 9.53 Å². The Hall–Kier alpha value is -1.06. The molecule has 1 aromatic rings. The van der Waals surface area contributed by atoms with Crippen LogP contribution in [0.4, 0.5) is 0 Å². The lowest BCUT2D eigenvalue weighted by Crippen LogP contribution is -2.50. The third kappa shape index (κ3) is 3.24. The molecule has 4 heteroatoms. The normalized spacial score (nSPS) is 14.2. The van der Waals surface area contributed by atoms with E-state index in [-0.39, 0.29) is 5.78 Å². The summed E-state index contributed by atoms with van der Waals surface area (Å²) in [6, 6.07) is 3.80. The number of benzene rings is 1. The van der Waals surface area contributed by atoms with Crippen molar-refractivity contribution >= 4 is 17.4 Å². The SMILES string of the molecule is CCN(CC)C(C)(C)C(=O)Cc1cc(Cl)cc2c1OCC2. The maximum absolute atomic E-state index is 12.8. The Morgan fingerprint density at radius 3 is 2.62 bits per heavy atom. The minimum absolute atomic E-state index is 0.200. The molecule has 2 rings (SSSR count). The minimum Gasteiger partial charge on any atom is -0.493 e. The fourth-order valence-corrected chi connectivity index (χ4v) is 3.32. The molecule has 0 saturated heterocycles. The summed E-state index contributed by atoms with van der Waals surface area (Å²) in [6.07, 6.45) is 1.24. The van der Waals surface area contributed by atoms with E-state index in [1.165, 1.54) is 0 Å². The Kier molecular flexibility index (Phi) is 4.95. The highest BCUT2D eigenvalue weighted by Gasteiger charge is 2.33. The van der Waals surface area contributed by atoms with Crippen molar-refractivity contribution in [2.45, 2.75) is 46.1 Å². The van der Waals surface area contributed by atoms with Gasteiger partial charge in [-0.15, -0.1) is 0 Å². The number of ketones is 1. The van der Waals surface area contributed by atoms with Crippen LogP contribution < -0.4 is 4.74 Å². The number of nitrogens with zero attached hydrogens (tertiary/aromatic N) is 1. The second-order valence-corrected chi connectivity index (χ2v) is 6.42. The monoisotopic (exact) mass is 309 g/mol. The van der Waals surface area contributed by atoms with Gasteiger partial charge in [0.25, 0.3) is 0 Å². The molecule has 0 unspecified atom stereocenters. The van der Waals surface area contributed by atoms with E-state index in [2.05, 4.69) is 18.7 Å². The summed E-state index contributed by atoms with van der Waals surface area (Å²) in [4.78, 5) is 14.9. The van der Waals surface area contributed by atoms with Crippen molar-refractivity contribution in [2.75, 3.05) is 19.7 Å². The number of carbonyl (C=O) groups excluding carboxylic acids is 1. The summed E-state index contributed by atoms with van der Waals surface area (Å²) in [5, 5.41) is 0.683. The Morgan fingerprint density at radius 1 is 1.33 bits per heavy atom. The summed E-state index contributed by atoms with van der Waals surface area (Å²) in [5.74, 6) is 1.06. The van der Waals surface area contributed by atoms with Crippen molar-refractivity contribution in [3.05, 3.63) is 28.3 Å². The molecule has 0 amide bonds. The first kappa shape index (κ1) is 16.3. The van der Waals surface area contributed by atoms with E-state index < -0.39 is 5.54 Å². The number of hydrogen-bond acceptors (Lipinski definition) is 3. The number of Topliss-reactive ketones (excluding diaryl/α,β-unsaturated/α-hetero) is 1. The third-order valence-electron chi connectivity index (χ3n) is 4.41. The largest absolute Gasteiger partial charge is 0.493 e. The average molecular weight is 310 g/mol. The van der Waals surface area contributed by atoms with E-state index in [9.17, 15) is 4.79 Å². The molecule has 0 spiro atoms. The van der Waals surface area contributed by atoms with Gasteiger partial charge in [0.05, 0.1) is 12.1 Å². The number of ether oxygens (including phenoxy) is 1. The van der Waals surface area contributed by atoms with Crippen LogP contribution in [0.5, 0.6) is 5.75 Å². The van der Waals surface area contributed by atoms with Crippen LogP contribution in [-0.4, -0.2) is 35.9 Å². The number of fused-ring (bicyclic) bond motifs is 1. The molecule has 3 nitrogen and oxygen atoms in total. The summed E-state index contributed by atoms with van der Waals surface area (Å²) in [6.45, 7) is 10.6. The molecule has 0 fully saturated rings. The zero-order chi connectivity index (χ0) is 15.6. The van der Waals surface area contributed by atoms with Gasteiger partial charge in [-0.25, -0.2) is 0 Å². The van der Waals surface area contributed by atoms with E-state index in [0.29, 0.717) is 18.1 Å². The summed E-state index contributed by atoms with van der Waals surface area (Å²) in [7, 11) is 0. The summed E-state index contributed by atoms with van der Waals surface area (Å²) < 4.78 is 5.69. The Balaban J connectivity index is 2.24. The standard InChI is InChI=1S/C17H24ClNO2/c1-5-19(6-2)17(3,4)15(20)11-13-10-14(18)9-12-7-8-21-16(12)13/h9-10H,5-8,11H2,1-4H3. The smallest absolute Gasteiger partial charge is 0.157 e. The Bertz CT molecular complexity index is 536. The highest BCUT2D eigenvalue weighted by Crippen LogP contribution is 2.34. The van der Waals surface area contributed by atoms with Gasteiger partial charge in [0.2, 0.25) is 0 Å². The topological polar surface area (TPSA) is 29.5 Å². The zero-order valence-corrected chi connectivity index (χ0v) is 14.1. The molecule has 1 aliphatic rings. The molecule has 1 aromatic carbocycles. The molecule has 0 aromatic heterocycles. The number of carbonyl (C=O) groups is 1. The molecule has 0 radical (unpaired) electrons. The van der Waals surface area contributed by atoms with Crippen LogP contribution in [0.15, 0.2) is 12.1 Å². The first-order chi connectivity index (χ1) is 9.90. The number of hydrogen-bond donors (Lipinski definition) is 0. The second kappa shape index (κ2) is 6.37. The van der Waals surface area contributed by atoms with Gasteiger partial charge in [-0.3, -0.25) is 9.69 Å². The van der Waals surface area contributed by atoms with Gasteiger partial charge in [0, 0.05) is 23.4 Å². The molecule has 1 aliphatic heterocycles. The van der Waals surface area contributed by atoms with E-state index in [1.807, 2.05) is 26.0 Å². The van der Waals surface area contributed by atoms with Gasteiger partial charge < -0.3 is 4.74 Å². The van der Waals surface area contributed by atoms with Crippen LogP contribution in [0.3, 0.4) is 0 Å². The molecule has 21 heavy (non-hydrogen) atoms. The quantitative estimate of drug-likeness (QED) is 0.805. The van der Waals surface area contributed by atoms with Gasteiger partial charge >= 0.3 is 0 Å². The molecule has 116 valence electrons. The van der Waals surface area contributed by atoms with Crippen molar-refractivity contribution in [1.82, 2.24) is 4.90 Å². The molecule has 0 bridgehead atoms. The minimum atomic E-state index is -0.475. The number of halogens is 1. The van der Waals surface area contributed by atoms with Crippen molar-refractivity contribution in [3.8, 4) is 5.75 Å². The van der Waals surface area contributed by atoms with E-state index in [1.54, 1.807) is 0 Å². The van der Waals surface area contributed by atoms with Crippen molar-refractivity contribution in [3.63, 3.8) is 0 Å².